The summed E-state index contributed by atoms with van der Waals surface area (Å²) >= 11 is 0. The highest BCUT2D eigenvalue weighted by Crippen LogP contribution is 2.20. The molecule has 1 saturated heterocycles. The first-order chi connectivity index (χ1) is 13.7. The van der Waals surface area contributed by atoms with Crippen molar-refractivity contribution in [1.29, 1.82) is 0 Å². The Hall–Kier alpha value is -3.62. The maximum absolute atomic E-state index is 12.5. The molecule has 3 heterocycles. The summed E-state index contributed by atoms with van der Waals surface area (Å²) in [7, 11) is 0. The van der Waals surface area contributed by atoms with Crippen LogP contribution in [0.3, 0.4) is 0 Å². The fraction of sp³-hybridized carbons (Fsp3) is 0.263. The van der Waals surface area contributed by atoms with Crippen LogP contribution in [0.15, 0.2) is 53.6 Å². The lowest BCUT2D eigenvalue weighted by atomic mass is 10.2. The second kappa shape index (κ2) is 7.95. The second-order valence-electron chi connectivity index (χ2n) is 6.54. The third kappa shape index (κ3) is 4.03. The van der Waals surface area contributed by atoms with E-state index in [0.717, 1.165) is 24.5 Å². The Labute approximate surface area is 161 Å². The maximum atomic E-state index is 12.5. The molecule has 2 aromatic heterocycles. The van der Waals surface area contributed by atoms with Crippen LogP contribution in [0, 0.1) is 0 Å². The van der Waals surface area contributed by atoms with Crippen molar-refractivity contribution in [2.24, 2.45) is 0 Å². The molecular formula is C19H21N7O2. The Bertz CT molecular complexity index is 973. The molecule has 0 saturated carbocycles. The van der Waals surface area contributed by atoms with Crippen LogP contribution in [0.25, 0.3) is 0 Å². The van der Waals surface area contributed by atoms with Gasteiger partial charge in [-0.15, -0.1) is 0 Å². The molecule has 1 aliphatic heterocycles. The molecule has 144 valence electrons. The molecule has 1 aromatic carbocycles. The van der Waals surface area contributed by atoms with Gasteiger partial charge in [0.1, 0.15) is 5.82 Å². The normalized spacial score (nSPS) is 14.1. The van der Waals surface area contributed by atoms with Gasteiger partial charge in [0.2, 0.25) is 0 Å². The number of hydrogen-bond donors (Lipinski definition) is 3. The lowest BCUT2D eigenvalue weighted by Gasteiger charge is -2.36. The molecule has 9 heteroatoms. The van der Waals surface area contributed by atoms with E-state index in [-0.39, 0.29) is 11.6 Å². The molecule has 3 aromatic rings. The first kappa shape index (κ1) is 17.8. The van der Waals surface area contributed by atoms with E-state index >= 15 is 0 Å². The number of pyridine rings is 1. The highest BCUT2D eigenvalue weighted by Gasteiger charge is 2.22. The van der Waals surface area contributed by atoms with Gasteiger partial charge in [0, 0.05) is 49.9 Å². The SMILES string of the molecule is O=C(c1cccnc1)N1CCN(c2ccc(NCc3nc(=O)[nH][nH]3)cc2)CC1. The molecule has 28 heavy (non-hydrogen) atoms. The van der Waals surface area contributed by atoms with E-state index in [1.807, 2.05) is 29.2 Å². The van der Waals surface area contributed by atoms with Crippen molar-refractivity contribution >= 4 is 17.3 Å². The summed E-state index contributed by atoms with van der Waals surface area (Å²) in [6.07, 6.45) is 3.28. The first-order valence-corrected chi connectivity index (χ1v) is 9.11. The summed E-state index contributed by atoms with van der Waals surface area (Å²) < 4.78 is 0. The van der Waals surface area contributed by atoms with E-state index < -0.39 is 0 Å². The number of benzene rings is 1. The second-order valence-corrected chi connectivity index (χ2v) is 6.54. The number of nitrogens with zero attached hydrogens (tertiary/aromatic N) is 4. The molecule has 0 atom stereocenters. The molecule has 0 unspecified atom stereocenters. The molecule has 0 aliphatic carbocycles. The zero-order valence-corrected chi connectivity index (χ0v) is 15.3. The minimum Gasteiger partial charge on any atom is -0.378 e. The molecule has 4 rings (SSSR count). The number of aromatic nitrogens is 4. The van der Waals surface area contributed by atoms with Crippen LogP contribution in [0.1, 0.15) is 16.2 Å². The molecule has 0 spiro atoms. The number of amides is 1. The van der Waals surface area contributed by atoms with Crippen molar-refractivity contribution in [3.8, 4) is 0 Å². The van der Waals surface area contributed by atoms with Crippen molar-refractivity contribution in [1.82, 2.24) is 25.1 Å². The van der Waals surface area contributed by atoms with Gasteiger partial charge in [0.05, 0.1) is 12.1 Å². The van der Waals surface area contributed by atoms with E-state index in [9.17, 15) is 9.59 Å². The minimum absolute atomic E-state index is 0.0312. The monoisotopic (exact) mass is 379 g/mol. The van der Waals surface area contributed by atoms with E-state index in [2.05, 4.69) is 30.4 Å². The van der Waals surface area contributed by atoms with Crippen LogP contribution in [0.4, 0.5) is 11.4 Å². The average Bonchev–Trinajstić information content (AvgIpc) is 3.18. The Morgan fingerprint density at radius 3 is 2.50 bits per heavy atom. The molecule has 3 N–H and O–H groups in total. The van der Waals surface area contributed by atoms with Gasteiger partial charge in [-0.1, -0.05) is 0 Å². The van der Waals surface area contributed by atoms with Crippen molar-refractivity contribution in [2.75, 3.05) is 36.4 Å². The van der Waals surface area contributed by atoms with Crippen LogP contribution in [-0.2, 0) is 6.54 Å². The highest BCUT2D eigenvalue weighted by atomic mass is 16.2. The Balaban J connectivity index is 1.31. The number of H-pyrrole nitrogens is 2. The molecular weight excluding hydrogens is 358 g/mol. The number of carbonyl (C=O) groups excluding carboxylic acids is 1. The Kier molecular flexibility index (Phi) is 5.05. The quantitative estimate of drug-likeness (QED) is 0.612. The average molecular weight is 379 g/mol. The van der Waals surface area contributed by atoms with E-state index in [1.54, 1.807) is 24.5 Å². The van der Waals surface area contributed by atoms with Gasteiger partial charge in [0.25, 0.3) is 5.91 Å². The van der Waals surface area contributed by atoms with Crippen molar-refractivity contribution < 1.29 is 4.79 Å². The maximum Gasteiger partial charge on any atom is 0.361 e. The van der Waals surface area contributed by atoms with Crippen molar-refractivity contribution in [3.05, 3.63) is 70.7 Å². The molecule has 1 fully saturated rings. The largest absolute Gasteiger partial charge is 0.378 e. The van der Waals surface area contributed by atoms with Crippen LogP contribution in [0.5, 0.6) is 0 Å². The van der Waals surface area contributed by atoms with E-state index in [0.29, 0.717) is 31.0 Å². The summed E-state index contributed by atoms with van der Waals surface area (Å²) in [4.78, 5) is 35.5. The number of anilines is 2. The van der Waals surface area contributed by atoms with Gasteiger partial charge >= 0.3 is 5.69 Å². The minimum atomic E-state index is -0.381. The summed E-state index contributed by atoms with van der Waals surface area (Å²) in [5.41, 5.74) is 2.31. The Morgan fingerprint density at radius 2 is 1.86 bits per heavy atom. The van der Waals surface area contributed by atoms with Crippen LogP contribution >= 0.6 is 0 Å². The van der Waals surface area contributed by atoms with Crippen molar-refractivity contribution in [2.45, 2.75) is 6.54 Å². The molecule has 0 bridgehead atoms. The number of aromatic amines is 2. The summed E-state index contributed by atoms with van der Waals surface area (Å²) in [6.45, 7) is 3.37. The summed E-state index contributed by atoms with van der Waals surface area (Å²) in [6, 6.07) is 11.7. The zero-order chi connectivity index (χ0) is 19.3. The van der Waals surface area contributed by atoms with Gasteiger partial charge in [-0.3, -0.25) is 14.9 Å². The standard InChI is InChI=1S/C19H21N7O2/c27-18(14-2-1-7-20-12-14)26-10-8-25(9-11-26)16-5-3-15(4-6-16)21-13-17-22-19(28)24-23-17/h1-7,12,21H,8-11,13H2,(H2,22,23,24,28). The lowest BCUT2D eigenvalue weighted by Crippen LogP contribution is -2.48. The van der Waals surface area contributed by atoms with Gasteiger partial charge < -0.3 is 15.1 Å². The fourth-order valence-electron chi connectivity index (χ4n) is 3.20. The van der Waals surface area contributed by atoms with Crippen LogP contribution < -0.4 is 15.9 Å². The number of nitrogens with one attached hydrogen (secondary N) is 3. The smallest absolute Gasteiger partial charge is 0.361 e. The third-order valence-electron chi connectivity index (χ3n) is 4.72. The van der Waals surface area contributed by atoms with Gasteiger partial charge in [-0.2, -0.15) is 4.98 Å². The van der Waals surface area contributed by atoms with Gasteiger partial charge in [-0.05, 0) is 36.4 Å². The van der Waals surface area contributed by atoms with Gasteiger partial charge in [0.15, 0.2) is 0 Å². The first-order valence-electron chi connectivity index (χ1n) is 9.11. The Morgan fingerprint density at radius 1 is 1.07 bits per heavy atom. The zero-order valence-electron chi connectivity index (χ0n) is 15.3. The summed E-state index contributed by atoms with van der Waals surface area (Å²) in [5, 5.41) is 8.33. The lowest BCUT2D eigenvalue weighted by molar-refractivity contribution is 0.0746. The van der Waals surface area contributed by atoms with Crippen molar-refractivity contribution in [3.63, 3.8) is 0 Å². The van der Waals surface area contributed by atoms with Crippen LogP contribution in [0.2, 0.25) is 0 Å². The third-order valence-corrected chi connectivity index (χ3v) is 4.72. The number of piperazine rings is 1. The molecule has 1 amide bonds. The van der Waals surface area contributed by atoms with E-state index in [4.69, 9.17) is 0 Å². The molecule has 9 nitrogen and oxygen atoms in total. The van der Waals surface area contributed by atoms with Gasteiger partial charge in [-0.25, -0.2) is 9.89 Å². The topological polar surface area (TPSA) is 110 Å². The number of hydrogen-bond acceptors (Lipinski definition) is 6. The predicted octanol–water partition coefficient (Wildman–Crippen LogP) is 1.07. The number of rotatable bonds is 5. The molecule has 1 aliphatic rings. The molecule has 0 radical (unpaired) electrons. The highest BCUT2D eigenvalue weighted by molar-refractivity contribution is 5.94. The summed E-state index contributed by atoms with van der Waals surface area (Å²) in [5.74, 6) is 0.590. The predicted molar refractivity (Wildman–Crippen MR) is 105 cm³/mol. The van der Waals surface area contributed by atoms with Crippen LogP contribution in [-0.4, -0.2) is 57.2 Å². The number of carbonyl (C=O) groups is 1. The fourth-order valence-corrected chi connectivity index (χ4v) is 3.20. The van der Waals surface area contributed by atoms with E-state index in [1.165, 1.54) is 0 Å².